The van der Waals surface area contributed by atoms with E-state index in [1.54, 1.807) is 6.20 Å². The molecule has 0 bridgehead atoms. The van der Waals surface area contributed by atoms with Gasteiger partial charge in [-0.3, -0.25) is 9.69 Å². The molecule has 1 aromatic rings. The van der Waals surface area contributed by atoms with Crippen molar-refractivity contribution in [1.29, 1.82) is 0 Å². The summed E-state index contributed by atoms with van der Waals surface area (Å²) in [4.78, 5) is 18.0. The van der Waals surface area contributed by atoms with Crippen molar-refractivity contribution < 1.29 is 21.2 Å². The van der Waals surface area contributed by atoms with E-state index >= 15 is 0 Å². The first-order valence-electron chi connectivity index (χ1n) is 5.69. The summed E-state index contributed by atoms with van der Waals surface area (Å²) in [6.07, 6.45) is 4.12. The van der Waals surface area contributed by atoms with Crippen LogP contribution in [0.1, 0.15) is 18.4 Å². The summed E-state index contributed by atoms with van der Waals surface area (Å²) in [5, 5.41) is 2.82. The zero-order valence-corrected chi connectivity index (χ0v) is 13.5. The van der Waals surface area contributed by atoms with Gasteiger partial charge in [0.2, 0.25) is 5.91 Å². The lowest BCUT2D eigenvalue weighted by Crippen LogP contribution is -2.31. The van der Waals surface area contributed by atoms with E-state index in [1.165, 1.54) is 12.8 Å². The Morgan fingerprint density at radius 3 is 2.33 bits per heavy atom. The number of carbonyl (C=O) groups excluding carboxylic acids is 1. The maximum Gasteiger partial charge on any atom is 0.239 e. The number of amides is 1. The Morgan fingerprint density at radius 2 is 1.81 bits per heavy atom. The summed E-state index contributed by atoms with van der Waals surface area (Å²) in [5.41, 5.74) is 1.10. The molecule has 0 unspecified atom stereocenters. The highest BCUT2D eigenvalue weighted by atomic mass is 35.5. The van der Waals surface area contributed by atoms with E-state index in [9.17, 15) is 4.79 Å². The van der Waals surface area contributed by atoms with Crippen molar-refractivity contribution in [2.24, 2.45) is 0 Å². The second kappa shape index (κ2) is 14.0. The van der Waals surface area contributed by atoms with Gasteiger partial charge in [-0.15, -0.1) is 24.8 Å². The van der Waals surface area contributed by atoms with Crippen molar-refractivity contribution in [3.05, 3.63) is 23.9 Å². The van der Waals surface area contributed by atoms with Gasteiger partial charge in [0.15, 0.2) is 0 Å². The number of nitrogens with one attached hydrogen (secondary N) is 1. The third-order valence-electron chi connectivity index (χ3n) is 2.75. The number of likely N-dealkylation sites (tertiary alicyclic amines) is 1. The monoisotopic (exact) mass is 345 g/mol. The number of nitrogens with zero attached hydrogens (tertiary/aromatic N) is 2. The van der Waals surface area contributed by atoms with Gasteiger partial charge in [0, 0.05) is 6.20 Å². The highest BCUT2D eigenvalue weighted by Gasteiger charge is 2.15. The number of aromatic nitrogens is 1. The van der Waals surface area contributed by atoms with Crippen LogP contribution >= 0.6 is 24.8 Å². The summed E-state index contributed by atoms with van der Waals surface area (Å²) in [6, 6.07) is 3.79. The Kier molecular flexibility index (Phi) is 18.8. The van der Waals surface area contributed by atoms with Gasteiger partial charge in [0.1, 0.15) is 5.82 Å². The van der Waals surface area contributed by atoms with Gasteiger partial charge in [-0.1, -0.05) is 0 Å². The molecule has 0 spiro atoms. The van der Waals surface area contributed by atoms with Crippen LogP contribution in [0, 0.1) is 6.92 Å². The Morgan fingerprint density at radius 1 is 1.24 bits per heavy atom. The van der Waals surface area contributed by atoms with E-state index in [1.807, 2.05) is 19.1 Å². The summed E-state index contributed by atoms with van der Waals surface area (Å²) in [7, 11) is 0. The maximum absolute atomic E-state index is 11.7. The van der Waals surface area contributed by atoms with Crippen LogP contribution < -0.4 is 5.32 Å². The smallest absolute Gasteiger partial charge is 0.239 e. The second-order valence-corrected chi connectivity index (χ2v) is 4.25. The lowest BCUT2D eigenvalue weighted by atomic mass is 10.3. The number of carbonyl (C=O) groups is 1. The predicted molar refractivity (Wildman–Crippen MR) is 88.6 cm³/mol. The molecule has 126 valence electrons. The van der Waals surface area contributed by atoms with Gasteiger partial charge in [0.25, 0.3) is 0 Å². The van der Waals surface area contributed by atoms with Gasteiger partial charge in [-0.2, -0.15) is 0 Å². The molecule has 0 aliphatic carbocycles. The quantitative estimate of drug-likeness (QED) is 0.810. The third kappa shape index (κ3) is 9.57. The first-order chi connectivity index (χ1) is 7.74. The van der Waals surface area contributed by atoms with Crippen molar-refractivity contribution in [3.63, 3.8) is 0 Å². The van der Waals surface area contributed by atoms with Gasteiger partial charge < -0.3 is 21.7 Å². The van der Waals surface area contributed by atoms with Crippen LogP contribution in [0.2, 0.25) is 0 Å². The van der Waals surface area contributed by atoms with Crippen molar-refractivity contribution >= 4 is 36.5 Å². The summed E-state index contributed by atoms with van der Waals surface area (Å²) in [6.45, 7) is 4.54. The topological polar surface area (TPSA) is 140 Å². The molecule has 1 saturated heterocycles. The molecule has 0 aromatic carbocycles. The van der Waals surface area contributed by atoms with Crippen LogP contribution in [0.4, 0.5) is 5.82 Å². The van der Waals surface area contributed by atoms with Crippen LogP contribution in [-0.2, 0) is 4.79 Å². The molecule has 1 aliphatic rings. The average molecular weight is 346 g/mol. The molecule has 21 heavy (non-hydrogen) atoms. The van der Waals surface area contributed by atoms with E-state index in [2.05, 4.69) is 15.2 Å². The summed E-state index contributed by atoms with van der Waals surface area (Å²) in [5.74, 6) is 0.671. The molecule has 7 N–H and O–H groups in total. The highest BCUT2D eigenvalue weighted by Crippen LogP contribution is 2.08. The molecule has 1 aromatic heterocycles. The molecule has 1 aliphatic heterocycles. The van der Waals surface area contributed by atoms with Gasteiger partial charge in [-0.25, -0.2) is 4.98 Å². The zero-order chi connectivity index (χ0) is 11.4. The van der Waals surface area contributed by atoms with E-state index in [4.69, 9.17) is 0 Å². The number of hydrogen-bond donors (Lipinski definition) is 1. The molecule has 1 amide bonds. The van der Waals surface area contributed by atoms with Crippen LogP contribution in [0.3, 0.4) is 0 Å². The van der Waals surface area contributed by atoms with Crippen LogP contribution in [0.15, 0.2) is 18.3 Å². The van der Waals surface area contributed by atoms with Crippen LogP contribution in [0.25, 0.3) is 0 Å². The molecular weight excluding hydrogens is 321 g/mol. The maximum atomic E-state index is 11.7. The molecule has 1 fully saturated rings. The molecular formula is C12H25Cl2N3O4. The minimum atomic E-state index is 0. The number of aryl methyl sites for hydroxylation is 1. The summed E-state index contributed by atoms with van der Waals surface area (Å²) < 4.78 is 0. The largest absolute Gasteiger partial charge is 0.412 e. The standard InChI is InChI=1S/C12H17N3O.2ClH.3H2O/c1-10-4-5-13-11(8-10)14-12(16)9-15-6-2-3-7-15;;;;;/h4-5,8H,2-3,6-7,9H2,1H3,(H,13,14,16);2*1H;3*1H2. The van der Waals surface area contributed by atoms with Crippen LogP contribution in [0.5, 0.6) is 0 Å². The molecule has 0 radical (unpaired) electrons. The Hall–Kier alpha value is -0.960. The molecule has 0 atom stereocenters. The van der Waals surface area contributed by atoms with Crippen molar-refractivity contribution in [3.8, 4) is 0 Å². The van der Waals surface area contributed by atoms with Crippen molar-refractivity contribution in [2.45, 2.75) is 19.8 Å². The fourth-order valence-corrected chi connectivity index (χ4v) is 1.93. The lowest BCUT2D eigenvalue weighted by molar-refractivity contribution is -0.117. The molecule has 7 nitrogen and oxygen atoms in total. The van der Waals surface area contributed by atoms with Gasteiger partial charge in [0.05, 0.1) is 6.54 Å². The van der Waals surface area contributed by atoms with Gasteiger partial charge >= 0.3 is 0 Å². The first kappa shape index (κ1) is 28.2. The van der Waals surface area contributed by atoms with E-state index < -0.39 is 0 Å². The normalized spacial score (nSPS) is 12.4. The lowest BCUT2D eigenvalue weighted by Gasteiger charge is -2.13. The number of pyridine rings is 1. The Bertz CT molecular complexity index is 391. The fourth-order valence-electron chi connectivity index (χ4n) is 1.93. The van der Waals surface area contributed by atoms with Crippen LogP contribution in [-0.4, -0.2) is 51.9 Å². The molecule has 9 heteroatoms. The minimum absolute atomic E-state index is 0. The third-order valence-corrected chi connectivity index (χ3v) is 2.75. The predicted octanol–water partition coefficient (Wildman–Crippen LogP) is -0.206. The number of halogens is 2. The highest BCUT2D eigenvalue weighted by molar-refractivity contribution is 5.91. The molecule has 2 heterocycles. The fraction of sp³-hybridized carbons (Fsp3) is 0.500. The number of rotatable bonds is 3. The summed E-state index contributed by atoms with van der Waals surface area (Å²) >= 11 is 0. The molecule has 2 rings (SSSR count). The number of anilines is 1. The van der Waals surface area contributed by atoms with E-state index in [0.29, 0.717) is 12.4 Å². The van der Waals surface area contributed by atoms with Gasteiger partial charge in [-0.05, 0) is 50.6 Å². The van der Waals surface area contributed by atoms with Crippen molar-refractivity contribution in [1.82, 2.24) is 9.88 Å². The molecule has 0 saturated carbocycles. The minimum Gasteiger partial charge on any atom is -0.412 e. The first-order valence-corrected chi connectivity index (χ1v) is 5.69. The van der Waals surface area contributed by atoms with E-state index in [0.717, 1.165) is 18.7 Å². The average Bonchev–Trinajstić information content (AvgIpc) is 2.70. The van der Waals surface area contributed by atoms with Crippen molar-refractivity contribution in [2.75, 3.05) is 25.0 Å². The Balaban J connectivity index is -0.000000289. The number of hydrogen-bond acceptors (Lipinski definition) is 3. The second-order valence-electron chi connectivity index (χ2n) is 4.25. The zero-order valence-electron chi connectivity index (χ0n) is 11.9. The SMILES string of the molecule is Cc1ccnc(NC(=O)CN2CCCC2)c1.Cl.Cl.O.O.O. The Labute approximate surface area is 136 Å². The van der Waals surface area contributed by atoms with E-state index in [-0.39, 0.29) is 47.1 Å².